The Morgan fingerprint density at radius 1 is 1.07 bits per heavy atom. The van der Waals surface area contributed by atoms with E-state index in [9.17, 15) is 19.1 Å². The molecule has 0 radical (unpaired) electrons. The number of benzene rings is 2. The molecule has 0 unspecified atom stereocenters. The van der Waals surface area contributed by atoms with Gasteiger partial charge < -0.3 is 14.8 Å². The fraction of sp³-hybridized carbons (Fsp3) is 0.250. The molecular formula is C24H24FNO4. The number of aliphatic hydroxyl groups is 1. The van der Waals surface area contributed by atoms with E-state index in [0.717, 1.165) is 27.7 Å². The SMILES string of the molecule is CC(C)n1c(C=CC(=O)C[C@H](O)CC(=O)O)c(-c2ccc(F)cc2)c2ccccc21. The van der Waals surface area contributed by atoms with Gasteiger partial charge in [0.25, 0.3) is 0 Å². The molecule has 5 nitrogen and oxygen atoms in total. The summed E-state index contributed by atoms with van der Waals surface area (Å²) in [6, 6.07) is 14.2. The number of aromatic nitrogens is 1. The van der Waals surface area contributed by atoms with Crippen LogP contribution >= 0.6 is 0 Å². The molecule has 156 valence electrons. The summed E-state index contributed by atoms with van der Waals surface area (Å²) < 4.78 is 15.6. The lowest BCUT2D eigenvalue weighted by Gasteiger charge is -2.14. The second-order valence-corrected chi connectivity index (χ2v) is 7.50. The van der Waals surface area contributed by atoms with Crippen molar-refractivity contribution in [2.45, 2.75) is 38.8 Å². The van der Waals surface area contributed by atoms with Crippen LogP contribution in [0.5, 0.6) is 0 Å². The van der Waals surface area contributed by atoms with Gasteiger partial charge in [-0.05, 0) is 49.8 Å². The minimum absolute atomic E-state index is 0.0939. The van der Waals surface area contributed by atoms with E-state index in [-0.39, 0.29) is 24.1 Å². The third-order valence-electron chi connectivity index (χ3n) is 4.87. The molecule has 0 saturated heterocycles. The lowest BCUT2D eigenvalue weighted by atomic mass is 10.0. The maximum atomic E-state index is 13.5. The Labute approximate surface area is 174 Å². The molecule has 0 amide bonds. The molecule has 1 aromatic heterocycles. The second kappa shape index (κ2) is 9.05. The van der Waals surface area contributed by atoms with Crippen LogP contribution in [-0.2, 0) is 9.59 Å². The van der Waals surface area contributed by atoms with E-state index in [1.165, 1.54) is 18.2 Å². The molecule has 30 heavy (non-hydrogen) atoms. The summed E-state index contributed by atoms with van der Waals surface area (Å²) in [6.45, 7) is 4.08. The Kier molecular flexibility index (Phi) is 6.47. The highest BCUT2D eigenvalue weighted by Crippen LogP contribution is 2.37. The average Bonchev–Trinajstić information content (AvgIpc) is 3.00. The molecule has 2 aromatic carbocycles. The minimum Gasteiger partial charge on any atom is -0.481 e. The third kappa shape index (κ3) is 4.66. The van der Waals surface area contributed by atoms with Crippen LogP contribution in [-0.4, -0.2) is 32.6 Å². The van der Waals surface area contributed by atoms with Crippen LogP contribution in [0.1, 0.15) is 38.4 Å². The smallest absolute Gasteiger partial charge is 0.305 e. The number of para-hydroxylation sites is 1. The van der Waals surface area contributed by atoms with E-state index in [4.69, 9.17) is 5.11 Å². The van der Waals surface area contributed by atoms with Crippen LogP contribution in [0.25, 0.3) is 28.1 Å². The molecule has 3 rings (SSSR count). The molecule has 1 atom stereocenters. The lowest BCUT2D eigenvalue weighted by Crippen LogP contribution is -2.16. The Morgan fingerprint density at radius 3 is 2.37 bits per heavy atom. The number of carbonyl (C=O) groups excluding carboxylic acids is 1. The standard InChI is InChI=1S/C24H24FNO4/c1-15(2)26-21-6-4-3-5-20(21)24(16-7-9-17(25)10-8-16)22(26)12-11-18(27)13-19(28)14-23(29)30/h3-12,15,19,28H,13-14H2,1-2H3,(H,29,30)/t19-/m0/s1. The number of ketones is 1. The van der Waals surface area contributed by atoms with E-state index < -0.39 is 18.5 Å². The highest BCUT2D eigenvalue weighted by Gasteiger charge is 2.19. The van der Waals surface area contributed by atoms with Gasteiger partial charge in [-0.1, -0.05) is 30.3 Å². The number of carboxylic acid groups (broad SMARTS) is 1. The number of fused-ring (bicyclic) bond motifs is 1. The number of aliphatic hydroxyl groups excluding tert-OH is 1. The van der Waals surface area contributed by atoms with Crippen molar-refractivity contribution in [1.82, 2.24) is 4.57 Å². The predicted molar refractivity (Wildman–Crippen MR) is 115 cm³/mol. The summed E-state index contributed by atoms with van der Waals surface area (Å²) >= 11 is 0. The van der Waals surface area contributed by atoms with E-state index in [0.29, 0.717) is 0 Å². The summed E-state index contributed by atoms with van der Waals surface area (Å²) in [5.74, 6) is -1.85. The van der Waals surface area contributed by atoms with Gasteiger partial charge in [-0.25, -0.2) is 4.39 Å². The number of rotatable bonds is 8. The number of carbonyl (C=O) groups is 2. The second-order valence-electron chi connectivity index (χ2n) is 7.50. The lowest BCUT2D eigenvalue weighted by molar-refractivity contribution is -0.139. The Hall–Kier alpha value is -3.25. The number of aliphatic carboxylic acids is 1. The van der Waals surface area contributed by atoms with Crippen LogP contribution < -0.4 is 0 Å². The minimum atomic E-state index is -1.23. The van der Waals surface area contributed by atoms with Crippen molar-refractivity contribution in [1.29, 1.82) is 0 Å². The molecule has 0 bridgehead atoms. The quantitative estimate of drug-likeness (QED) is 0.522. The highest BCUT2D eigenvalue weighted by atomic mass is 19.1. The summed E-state index contributed by atoms with van der Waals surface area (Å²) in [5, 5.41) is 19.5. The van der Waals surface area contributed by atoms with Crippen LogP contribution in [0.15, 0.2) is 54.6 Å². The Balaban J connectivity index is 2.09. The molecule has 3 aromatic rings. The van der Waals surface area contributed by atoms with Crippen molar-refractivity contribution >= 4 is 28.7 Å². The number of hydrogen-bond donors (Lipinski definition) is 2. The number of nitrogens with zero attached hydrogens (tertiary/aromatic N) is 1. The number of allylic oxidation sites excluding steroid dienone is 1. The molecule has 0 aliphatic carbocycles. The summed E-state index contributed by atoms with van der Waals surface area (Å²) in [7, 11) is 0. The molecule has 0 saturated carbocycles. The van der Waals surface area contributed by atoms with Gasteiger partial charge in [0.2, 0.25) is 0 Å². The van der Waals surface area contributed by atoms with Crippen LogP contribution in [0.4, 0.5) is 4.39 Å². The predicted octanol–water partition coefficient (Wildman–Crippen LogP) is 4.84. The zero-order valence-corrected chi connectivity index (χ0v) is 16.9. The van der Waals surface area contributed by atoms with Gasteiger partial charge in [-0.2, -0.15) is 0 Å². The summed E-state index contributed by atoms with van der Waals surface area (Å²) in [4.78, 5) is 23.0. The Morgan fingerprint density at radius 2 is 1.73 bits per heavy atom. The van der Waals surface area contributed by atoms with Crippen molar-refractivity contribution in [3.63, 3.8) is 0 Å². The monoisotopic (exact) mass is 409 g/mol. The molecule has 0 aliphatic heterocycles. The highest BCUT2D eigenvalue weighted by molar-refractivity contribution is 6.03. The van der Waals surface area contributed by atoms with E-state index >= 15 is 0 Å². The van der Waals surface area contributed by atoms with Gasteiger partial charge in [0, 0.05) is 28.9 Å². The van der Waals surface area contributed by atoms with Crippen LogP contribution in [0.2, 0.25) is 0 Å². The fourth-order valence-corrected chi connectivity index (χ4v) is 3.67. The van der Waals surface area contributed by atoms with Crippen LogP contribution in [0.3, 0.4) is 0 Å². The normalized spacial score (nSPS) is 12.7. The van der Waals surface area contributed by atoms with Crippen LogP contribution in [0, 0.1) is 5.82 Å². The number of halogens is 1. The molecule has 0 fully saturated rings. The van der Waals surface area contributed by atoms with Crippen molar-refractivity contribution in [2.75, 3.05) is 0 Å². The van der Waals surface area contributed by atoms with Gasteiger partial charge in [-0.3, -0.25) is 9.59 Å². The van der Waals surface area contributed by atoms with E-state index in [2.05, 4.69) is 4.57 Å². The fourth-order valence-electron chi connectivity index (χ4n) is 3.67. The molecule has 2 N–H and O–H groups in total. The zero-order valence-electron chi connectivity index (χ0n) is 16.9. The summed E-state index contributed by atoms with van der Waals surface area (Å²) in [5.41, 5.74) is 3.49. The van der Waals surface area contributed by atoms with Crippen molar-refractivity contribution in [3.05, 3.63) is 66.1 Å². The van der Waals surface area contributed by atoms with Gasteiger partial charge in [0.15, 0.2) is 5.78 Å². The summed E-state index contributed by atoms with van der Waals surface area (Å²) in [6.07, 6.45) is 1.08. The molecule has 0 aliphatic rings. The van der Waals surface area contributed by atoms with Gasteiger partial charge in [0.05, 0.1) is 18.2 Å². The largest absolute Gasteiger partial charge is 0.481 e. The molecule has 0 spiro atoms. The first-order valence-corrected chi connectivity index (χ1v) is 9.77. The molecular weight excluding hydrogens is 385 g/mol. The number of carboxylic acids is 1. The first-order chi connectivity index (χ1) is 14.3. The van der Waals surface area contributed by atoms with Gasteiger partial charge in [-0.15, -0.1) is 0 Å². The molecule has 1 heterocycles. The zero-order chi connectivity index (χ0) is 21.8. The topological polar surface area (TPSA) is 79.5 Å². The third-order valence-corrected chi connectivity index (χ3v) is 4.87. The van der Waals surface area contributed by atoms with Gasteiger partial charge in [0.1, 0.15) is 5.82 Å². The first-order valence-electron chi connectivity index (χ1n) is 9.77. The number of hydrogen-bond acceptors (Lipinski definition) is 3. The average molecular weight is 409 g/mol. The first kappa shape index (κ1) is 21.5. The van der Waals surface area contributed by atoms with Gasteiger partial charge >= 0.3 is 5.97 Å². The maximum absolute atomic E-state index is 13.5. The van der Waals surface area contributed by atoms with Crippen molar-refractivity contribution in [3.8, 4) is 11.1 Å². The van der Waals surface area contributed by atoms with Crippen molar-refractivity contribution < 1.29 is 24.2 Å². The van der Waals surface area contributed by atoms with E-state index in [1.54, 1.807) is 18.2 Å². The van der Waals surface area contributed by atoms with Crippen molar-refractivity contribution in [2.24, 2.45) is 0 Å². The molecule has 6 heteroatoms. The van der Waals surface area contributed by atoms with E-state index in [1.807, 2.05) is 38.1 Å². The maximum Gasteiger partial charge on any atom is 0.305 e. The Bertz CT molecular complexity index is 1100.